The molecule has 0 unspecified atom stereocenters. The van der Waals surface area contributed by atoms with Crippen molar-refractivity contribution in [3.05, 3.63) is 30.7 Å². The maximum atomic E-state index is 12.1. The van der Waals surface area contributed by atoms with Gasteiger partial charge in [0.25, 0.3) is 0 Å². The third-order valence-electron chi connectivity index (χ3n) is 6.39. The number of anilines is 2. The maximum Gasteiger partial charge on any atom is 0.416 e. The van der Waals surface area contributed by atoms with Crippen LogP contribution in [0.5, 0.6) is 0 Å². The molecule has 160 valence electrons. The molecule has 0 spiro atoms. The number of rotatable bonds is 4. The number of nitrogens with zero attached hydrogens (tertiary/aromatic N) is 9. The summed E-state index contributed by atoms with van der Waals surface area (Å²) in [5.41, 5.74) is 0.877. The predicted molar refractivity (Wildman–Crippen MR) is 111 cm³/mol. The van der Waals surface area contributed by atoms with Crippen LogP contribution in [0, 0.1) is 0 Å². The molecule has 1 saturated carbocycles. The molecule has 11 nitrogen and oxygen atoms in total. The minimum absolute atomic E-state index is 0.108. The summed E-state index contributed by atoms with van der Waals surface area (Å²) in [5.74, 6) is 2.74. The number of hydrogen-bond donors (Lipinski definition) is 0. The molecule has 1 atom stereocenters. The minimum Gasteiger partial charge on any atom is -0.447 e. The average Bonchev–Trinajstić information content (AvgIpc) is 3.59. The van der Waals surface area contributed by atoms with E-state index >= 15 is 0 Å². The zero-order valence-electron chi connectivity index (χ0n) is 17.3. The number of amides is 1. The lowest BCUT2D eigenvalue weighted by atomic mass is 10.0. The molecule has 0 bridgehead atoms. The summed E-state index contributed by atoms with van der Waals surface area (Å²) in [5, 5.41) is 8.59. The van der Waals surface area contributed by atoms with Crippen LogP contribution >= 0.6 is 0 Å². The van der Waals surface area contributed by atoms with Crippen LogP contribution in [0.3, 0.4) is 0 Å². The van der Waals surface area contributed by atoms with Crippen LogP contribution in [0.25, 0.3) is 11.6 Å². The number of aromatic nitrogens is 7. The molecule has 5 heterocycles. The zero-order valence-corrected chi connectivity index (χ0v) is 17.3. The molecule has 1 saturated heterocycles. The number of ether oxygens (including phenoxy) is 1. The van der Waals surface area contributed by atoms with Crippen LogP contribution in [-0.2, 0) is 4.74 Å². The molecule has 6 rings (SSSR count). The average molecular weight is 421 g/mol. The highest BCUT2D eigenvalue weighted by Crippen LogP contribution is 2.42. The van der Waals surface area contributed by atoms with Gasteiger partial charge in [0.1, 0.15) is 18.6 Å². The SMILES string of the molecule is CC[C@@H]1c2nncn2-c2cnc(-n3ccnc3N3CCOC3=O)nc2N1C1CCCC1. The first kappa shape index (κ1) is 18.3. The Morgan fingerprint density at radius 2 is 2.06 bits per heavy atom. The zero-order chi connectivity index (χ0) is 20.9. The van der Waals surface area contributed by atoms with Crippen LogP contribution in [-0.4, -0.2) is 59.6 Å². The first-order valence-electron chi connectivity index (χ1n) is 10.8. The largest absolute Gasteiger partial charge is 0.447 e. The van der Waals surface area contributed by atoms with Crippen molar-refractivity contribution in [2.24, 2.45) is 0 Å². The highest BCUT2D eigenvalue weighted by Gasteiger charge is 2.39. The van der Waals surface area contributed by atoms with Crippen molar-refractivity contribution in [1.82, 2.24) is 34.3 Å². The molecule has 0 aromatic carbocycles. The smallest absolute Gasteiger partial charge is 0.416 e. The summed E-state index contributed by atoms with van der Waals surface area (Å²) in [6.07, 6.45) is 12.2. The van der Waals surface area contributed by atoms with Gasteiger partial charge in [-0.05, 0) is 19.3 Å². The summed E-state index contributed by atoms with van der Waals surface area (Å²) in [7, 11) is 0. The second kappa shape index (κ2) is 7.03. The molecule has 11 heteroatoms. The van der Waals surface area contributed by atoms with Gasteiger partial charge in [0, 0.05) is 18.4 Å². The molecule has 0 radical (unpaired) electrons. The monoisotopic (exact) mass is 421 g/mol. The van der Waals surface area contributed by atoms with Gasteiger partial charge in [0.2, 0.25) is 11.9 Å². The lowest BCUT2D eigenvalue weighted by molar-refractivity contribution is 0.181. The summed E-state index contributed by atoms with van der Waals surface area (Å²) in [4.78, 5) is 30.0. The van der Waals surface area contributed by atoms with Crippen LogP contribution in [0.1, 0.15) is 50.9 Å². The molecule has 3 aromatic heterocycles. The normalized spacial score (nSPS) is 20.8. The summed E-state index contributed by atoms with van der Waals surface area (Å²) in [6.45, 7) is 2.98. The van der Waals surface area contributed by atoms with E-state index in [-0.39, 0.29) is 6.04 Å². The summed E-state index contributed by atoms with van der Waals surface area (Å²) < 4.78 is 8.81. The van der Waals surface area contributed by atoms with E-state index in [1.807, 2.05) is 10.8 Å². The van der Waals surface area contributed by atoms with E-state index in [0.717, 1.165) is 36.6 Å². The Bertz CT molecular complexity index is 1130. The van der Waals surface area contributed by atoms with Gasteiger partial charge >= 0.3 is 6.09 Å². The van der Waals surface area contributed by atoms with E-state index in [0.29, 0.717) is 31.1 Å². The van der Waals surface area contributed by atoms with Gasteiger partial charge in [-0.25, -0.2) is 19.7 Å². The first-order valence-corrected chi connectivity index (χ1v) is 10.8. The fourth-order valence-electron chi connectivity index (χ4n) is 4.98. The Balaban J connectivity index is 1.49. The van der Waals surface area contributed by atoms with E-state index in [2.05, 4.69) is 32.0 Å². The highest BCUT2D eigenvalue weighted by atomic mass is 16.6. The van der Waals surface area contributed by atoms with Gasteiger partial charge < -0.3 is 9.64 Å². The fourth-order valence-corrected chi connectivity index (χ4v) is 4.98. The maximum absolute atomic E-state index is 12.1. The van der Waals surface area contributed by atoms with Gasteiger partial charge in [-0.2, -0.15) is 4.98 Å². The van der Waals surface area contributed by atoms with Gasteiger partial charge in [-0.3, -0.25) is 9.13 Å². The molecular formula is C20H23N9O2. The number of cyclic esters (lactones) is 1. The third kappa shape index (κ3) is 2.72. The number of hydrogen-bond acceptors (Lipinski definition) is 8. The number of imidazole rings is 1. The van der Waals surface area contributed by atoms with Crippen molar-refractivity contribution >= 4 is 17.9 Å². The van der Waals surface area contributed by atoms with Crippen molar-refractivity contribution in [3.63, 3.8) is 0 Å². The van der Waals surface area contributed by atoms with Gasteiger partial charge in [-0.15, -0.1) is 10.2 Å². The standard InChI is InChI=1S/C20H23N9O2/c1-2-14-17-25-23-12-28(17)15-11-22-18(24-16(15)29(14)13-5-3-4-6-13)26-8-7-21-19(26)27-9-10-31-20(27)30/h7-8,11-14H,2-6,9-10H2,1H3/t14-/m1/s1. The van der Waals surface area contributed by atoms with Crippen LogP contribution in [0.2, 0.25) is 0 Å². The Hall–Kier alpha value is -3.50. The number of carbonyl (C=O) groups excluding carboxylic acids is 1. The Morgan fingerprint density at radius 3 is 2.84 bits per heavy atom. The summed E-state index contributed by atoms with van der Waals surface area (Å²) in [6, 6.07) is 0.518. The molecule has 3 aromatic rings. The van der Waals surface area contributed by atoms with Crippen LogP contribution in [0.4, 0.5) is 16.6 Å². The van der Waals surface area contributed by atoms with Crippen LogP contribution in [0.15, 0.2) is 24.9 Å². The van der Waals surface area contributed by atoms with Gasteiger partial charge in [0.15, 0.2) is 11.6 Å². The molecule has 3 aliphatic rings. The van der Waals surface area contributed by atoms with E-state index < -0.39 is 6.09 Å². The molecule has 31 heavy (non-hydrogen) atoms. The Kier molecular flexibility index (Phi) is 4.15. The van der Waals surface area contributed by atoms with Gasteiger partial charge in [0.05, 0.1) is 18.8 Å². The Labute approximate surface area is 178 Å². The van der Waals surface area contributed by atoms with Gasteiger partial charge in [-0.1, -0.05) is 19.8 Å². The summed E-state index contributed by atoms with van der Waals surface area (Å²) >= 11 is 0. The molecular weight excluding hydrogens is 398 g/mol. The van der Waals surface area contributed by atoms with E-state index in [1.165, 1.54) is 17.7 Å². The number of carbonyl (C=O) groups is 1. The van der Waals surface area contributed by atoms with Crippen molar-refractivity contribution in [3.8, 4) is 11.6 Å². The molecule has 1 amide bonds. The van der Waals surface area contributed by atoms with Crippen LogP contribution < -0.4 is 9.80 Å². The minimum atomic E-state index is -0.404. The second-order valence-electron chi connectivity index (χ2n) is 8.07. The van der Waals surface area contributed by atoms with Crippen molar-refractivity contribution in [2.75, 3.05) is 23.0 Å². The van der Waals surface area contributed by atoms with Crippen molar-refractivity contribution < 1.29 is 9.53 Å². The Morgan fingerprint density at radius 1 is 1.19 bits per heavy atom. The van der Waals surface area contributed by atoms with Crippen molar-refractivity contribution in [2.45, 2.75) is 51.1 Å². The van der Waals surface area contributed by atoms with E-state index in [9.17, 15) is 4.79 Å². The lowest BCUT2D eigenvalue weighted by Crippen LogP contribution is -2.42. The highest BCUT2D eigenvalue weighted by molar-refractivity contribution is 5.87. The van der Waals surface area contributed by atoms with Crippen molar-refractivity contribution in [1.29, 1.82) is 0 Å². The fraction of sp³-hybridized carbons (Fsp3) is 0.500. The number of fused-ring (bicyclic) bond motifs is 3. The predicted octanol–water partition coefficient (Wildman–Crippen LogP) is 2.41. The van der Waals surface area contributed by atoms with E-state index in [1.54, 1.807) is 23.3 Å². The topological polar surface area (TPSA) is 107 Å². The second-order valence-corrected chi connectivity index (χ2v) is 8.07. The lowest BCUT2D eigenvalue weighted by Gasteiger charge is -2.40. The quantitative estimate of drug-likeness (QED) is 0.632. The van der Waals surface area contributed by atoms with E-state index in [4.69, 9.17) is 9.72 Å². The molecule has 1 aliphatic carbocycles. The molecule has 2 aliphatic heterocycles. The first-order chi connectivity index (χ1) is 15.3. The third-order valence-corrected chi connectivity index (χ3v) is 6.39. The molecule has 2 fully saturated rings. The molecule has 0 N–H and O–H groups in total.